The van der Waals surface area contributed by atoms with Gasteiger partial charge in [0.1, 0.15) is 0 Å². The fourth-order valence-corrected chi connectivity index (χ4v) is 2.41. The number of allylic oxidation sites excluding steroid dienone is 3. The minimum absolute atomic E-state index is 0.264. The van der Waals surface area contributed by atoms with E-state index in [4.69, 9.17) is 0 Å². The Labute approximate surface area is 115 Å². The second-order valence-electron chi connectivity index (χ2n) is 4.97. The van der Waals surface area contributed by atoms with E-state index in [0.717, 1.165) is 18.5 Å². The fourth-order valence-electron chi connectivity index (χ4n) is 2.41. The van der Waals surface area contributed by atoms with E-state index in [0.29, 0.717) is 0 Å². The molecule has 1 N–H and O–H groups in total. The van der Waals surface area contributed by atoms with Crippen LogP contribution in [0.2, 0.25) is 0 Å². The van der Waals surface area contributed by atoms with Gasteiger partial charge in [-0.2, -0.15) is 0 Å². The third kappa shape index (κ3) is 4.74. The van der Waals surface area contributed by atoms with E-state index in [1.54, 1.807) is 6.08 Å². The summed E-state index contributed by atoms with van der Waals surface area (Å²) < 4.78 is 0. The van der Waals surface area contributed by atoms with Crippen molar-refractivity contribution in [1.29, 1.82) is 0 Å². The Bertz CT molecular complexity index is 442. The van der Waals surface area contributed by atoms with Gasteiger partial charge in [0.05, 0.1) is 0 Å². The molecule has 1 fully saturated rings. The summed E-state index contributed by atoms with van der Waals surface area (Å²) >= 11 is 0. The first kappa shape index (κ1) is 13.6. The predicted molar refractivity (Wildman–Crippen MR) is 79.9 cm³/mol. The van der Waals surface area contributed by atoms with Gasteiger partial charge < -0.3 is 5.32 Å². The molecule has 1 aliphatic carbocycles. The summed E-state index contributed by atoms with van der Waals surface area (Å²) in [5.74, 6) is 0.546. The van der Waals surface area contributed by atoms with E-state index in [-0.39, 0.29) is 11.7 Å². The standard InChI is InChI=1S/C17H21NO/c19-17(15-9-3-1-4-10-15)13-7-8-14-18-16-11-5-2-6-12-16/h2,5-8,11-15,18H,1,3-4,9-10H2/b13-7-,14-8+. The Hall–Kier alpha value is -1.83. The van der Waals surface area contributed by atoms with Crippen LogP contribution in [0.5, 0.6) is 0 Å². The second kappa shape index (κ2) is 7.57. The average molecular weight is 255 g/mol. The van der Waals surface area contributed by atoms with Crippen LogP contribution in [0.25, 0.3) is 0 Å². The molecule has 2 heteroatoms. The van der Waals surface area contributed by atoms with Crippen LogP contribution in [0.15, 0.2) is 54.8 Å². The first-order chi connectivity index (χ1) is 9.36. The molecule has 0 radical (unpaired) electrons. The summed E-state index contributed by atoms with van der Waals surface area (Å²) in [6.45, 7) is 0. The van der Waals surface area contributed by atoms with Gasteiger partial charge in [0.2, 0.25) is 0 Å². The summed E-state index contributed by atoms with van der Waals surface area (Å²) in [7, 11) is 0. The van der Waals surface area contributed by atoms with Crippen LogP contribution < -0.4 is 5.32 Å². The highest BCUT2D eigenvalue weighted by Crippen LogP contribution is 2.24. The van der Waals surface area contributed by atoms with Crippen LogP contribution in [0.3, 0.4) is 0 Å². The zero-order chi connectivity index (χ0) is 13.3. The minimum Gasteiger partial charge on any atom is -0.362 e. The lowest BCUT2D eigenvalue weighted by molar-refractivity contribution is -0.119. The van der Waals surface area contributed by atoms with Gasteiger partial charge >= 0.3 is 0 Å². The van der Waals surface area contributed by atoms with Gasteiger partial charge in [-0.25, -0.2) is 0 Å². The molecule has 0 aliphatic heterocycles. The van der Waals surface area contributed by atoms with Crippen molar-refractivity contribution in [1.82, 2.24) is 0 Å². The molecule has 0 aromatic heterocycles. The third-order valence-electron chi connectivity index (χ3n) is 3.50. The van der Waals surface area contributed by atoms with Crippen LogP contribution in [0, 0.1) is 5.92 Å². The zero-order valence-corrected chi connectivity index (χ0v) is 11.2. The molecule has 0 saturated heterocycles. The highest BCUT2D eigenvalue weighted by Gasteiger charge is 2.18. The molecule has 100 valence electrons. The van der Waals surface area contributed by atoms with E-state index in [9.17, 15) is 4.79 Å². The molecule has 1 saturated carbocycles. The van der Waals surface area contributed by atoms with Gasteiger partial charge in [0.25, 0.3) is 0 Å². The number of hydrogen-bond acceptors (Lipinski definition) is 2. The lowest BCUT2D eigenvalue weighted by atomic mass is 9.86. The largest absolute Gasteiger partial charge is 0.362 e. The van der Waals surface area contributed by atoms with Gasteiger partial charge in [0.15, 0.2) is 5.78 Å². The van der Waals surface area contributed by atoms with Crippen molar-refractivity contribution in [2.24, 2.45) is 5.92 Å². The molecule has 1 aromatic rings. The summed E-state index contributed by atoms with van der Waals surface area (Å²) in [5.41, 5.74) is 1.05. The van der Waals surface area contributed by atoms with Crippen molar-refractivity contribution in [2.45, 2.75) is 32.1 Å². The molecule has 0 bridgehead atoms. The molecule has 1 aromatic carbocycles. The van der Waals surface area contributed by atoms with Crippen molar-refractivity contribution in [3.05, 3.63) is 54.8 Å². The molecule has 19 heavy (non-hydrogen) atoms. The molecule has 0 amide bonds. The smallest absolute Gasteiger partial charge is 0.158 e. The molecular weight excluding hydrogens is 234 g/mol. The lowest BCUT2D eigenvalue weighted by Crippen LogP contribution is -2.15. The summed E-state index contributed by atoms with van der Waals surface area (Å²) in [4.78, 5) is 11.9. The van der Waals surface area contributed by atoms with Crippen molar-refractivity contribution in [2.75, 3.05) is 5.32 Å². The van der Waals surface area contributed by atoms with Crippen molar-refractivity contribution < 1.29 is 4.79 Å². The lowest BCUT2D eigenvalue weighted by Gasteiger charge is -2.18. The highest BCUT2D eigenvalue weighted by atomic mass is 16.1. The fraction of sp³-hybridized carbons (Fsp3) is 0.353. The van der Waals surface area contributed by atoms with Gasteiger partial charge in [-0.15, -0.1) is 0 Å². The zero-order valence-electron chi connectivity index (χ0n) is 11.2. The van der Waals surface area contributed by atoms with E-state index in [1.807, 2.05) is 48.7 Å². The number of carbonyl (C=O) groups is 1. The first-order valence-corrected chi connectivity index (χ1v) is 7.05. The van der Waals surface area contributed by atoms with Crippen molar-refractivity contribution >= 4 is 11.5 Å². The van der Waals surface area contributed by atoms with Gasteiger partial charge in [-0.1, -0.05) is 43.5 Å². The normalized spacial score (nSPS) is 17.1. The van der Waals surface area contributed by atoms with Crippen LogP contribution in [0.4, 0.5) is 5.69 Å². The second-order valence-corrected chi connectivity index (χ2v) is 4.97. The number of carbonyl (C=O) groups excluding carboxylic acids is 1. The Morgan fingerprint density at radius 3 is 2.53 bits per heavy atom. The highest BCUT2D eigenvalue weighted by molar-refractivity contribution is 5.91. The first-order valence-electron chi connectivity index (χ1n) is 7.05. The summed E-state index contributed by atoms with van der Waals surface area (Å²) in [6, 6.07) is 9.96. The predicted octanol–water partition coefficient (Wildman–Crippen LogP) is 4.32. The number of nitrogens with one attached hydrogen (secondary N) is 1. The van der Waals surface area contributed by atoms with Crippen molar-refractivity contribution in [3.8, 4) is 0 Å². The van der Waals surface area contributed by atoms with Crippen molar-refractivity contribution in [3.63, 3.8) is 0 Å². The quantitative estimate of drug-likeness (QED) is 0.627. The number of benzene rings is 1. The van der Waals surface area contributed by atoms with E-state index < -0.39 is 0 Å². The molecule has 0 atom stereocenters. The van der Waals surface area contributed by atoms with Gasteiger partial charge in [0, 0.05) is 17.8 Å². The van der Waals surface area contributed by atoms with Gasteiger partial charge in [-0.05, 0) is 37.1 Å². The summed E-state index contributed by atoms with van der Waals surface area (Å²) in [5, 5.41) is 3.15. The Morgan fingerprint density at radius 2 is 1.79 bits per heavy atom. The maximum absolute atomic E-state index is 11.9. The van der Waals surface area contributed by atoms with E-state index in [1.165, 1.54) is 19.3 Å². The topological polar surface area (TPSA) is 29.1 Å². The Morgan fingerprint density at radius 1 is 1.05 bits per heavy atom. The SMILES string of the molecule is O=C(/C=C\C=C\Nc1ccccc1)C1CCCCC1. The van der Waals surface area contributed by atoms with Crippen LogP contribution in [-0.4, -0.2) is 5.78 Å². The number of anilines is 1. The molecule has 0 spiro atoms. The molecule has 2 rings (SSSR count). The maximum atomic E-state index is 11.9. The molecule has 0 unspecified atom stereocenters. The number of para-hydroxylation sites is 1. The summed E-state index contributed by atoms with van der Waals surface area (Å²) in [6.07, 6.45) is 13.1. The number of rotatable bonds is 5. The van der Waals surface area contributed by atoms with Crippen LogP contribution in [0.1, 0.15) is 32.1 Å². The Balaban J connectivity index is 1.74. The average Bonchev–Trinajstić information content (AvgIpc) is 2.49. The third-order valence-corrected chi connectivity index (χ3v) is 3.50. The van der Waals surface area contributed by atoms with Crippen LogP contribution >= 0.6 is 0 Å². The van der Waals surface area contributed by atoms with Gasteiger partial charge in [-0.3, -0.25) is 4.79 Å². The minimum atomic E-state index is 0.264. The number of ketones is 1. The number of hydrogen-bond donors (Lipinski definition) is 1. The Kier molecular flexibility index (Phi) is 5.42. The van der Waals surface area contributed by atoms with E-state index >= 15 is 0 Å². The van der Waals surface area contributed by atoms with E-state index in [2.05, 4.69) is 5.32 Å². The molecular formula is C17H21NO. The molecule has 0 heterocycles. The maximum Gasteiger partial charge on any atom is 0.158 e. The molecule has 1 aliphatic rings. The monoisotopic (exact) mass is 255 g/mol. The van der Waals surface area contributed by atoms with Crippen LogP contribution in [-0.2, 0) is 4.79 Å². The molecule has 2 nitrogen and oxygen atoms in total.